The summed E-state index contributed by atoms with van der Waals surface area (Å²) in [7, 11) is 0. The molecule has 0 aromatic carbocycles. The van der Waals surface area contributed by atoms with Gasteiger partial charge in [0.2, 0.25) is 0 Å². The summed E-state index contributed by atoms with van der Waals surface area (Å²) in [6.45, 7) is 3.14. The second-order valence-corrected chi connectivity index (χ2v) is 2.60. The molecule has 8 heavy (non-hydrogen) atoms. The zero-order valence-corrected chi connectivity index (χ0v) is 5.76. The molecular weight excluding hydrogens is 128 g/mol. The summed E-state index contributed by atoms with van der Waals surface area (Å²) in [4.78, 5) is 0. The first-order valence-corrected chi connectivity index (χ1v) is 2.99. The van der Waals surface area contributed by atoms with Crippen LogP contribution in [-0.4, -0.2) is 27.8 Å². The van der Waals surface area contributed by atoms with E-state index in [-0.39, 0.29) is 5.38 Å². The van der Waals surface area contributed by atoms with E-state index < -0.39 is 12.2 Å². The van der Waals surface area contributed by atoms with Gasteiger partial charge in [-0.15, -0.1) is 11.6 Å². The van der Waals surface area contributed by atoms with Crippen LogP contribution >= 0.6 is 11.6 Å². The Morgan fingerprint density at radius 1 is 1.25 bits per heavy atom. The number of rotatable bonds is 2. The fourth-order valence-corrected chi connectivity index (χ4v) is 0.594. The number of halogens is 1. The maximum Gasteiger partial charge on any atom is 0.0956 e. The summed E-state index contributed by atoms with van der Waals surface area (Å²) in [6, 6.07) is 0. The molecule has 0 heterocycles. The van der Waals surface area contributed by atoms with Crippen molar-refractivity contribution in [1.29, 1.82) is 0 Å². The van der Waals surface area contributed by atoms with Gasteiger partial charge in [-0.3, -0.25) is 0 Å². The summed E-state index contributed by atoms with van der Waals surface area (Å²) in [6.07, 6.45) is -1.54. The van der Waals surface area contributed by atoms with E-state index in [0.717, 1.165) is 0 Å². The van der Waals surface area contributed by atoms with Crippen molar-refractivity contribution in [2.45, 2.75) is 31.4 Å². The van der Waals surface area contributed by atoms with Gasteiger partial charge in [0, 0.05) is 0 Å². The van der Waals surface area contributed by atoms with E-state index in [1.807, 2.05) is 0 Å². The molecule has 2 N–H and O–H groups in total. The van der Waals surface area contributed by atoms with Gasteiger partial charge >= 0.3 is 0 Å². The van der Waals surface area contributed by atoms with E-state index in [1.165, 1.54) is 6.92 Å². The van der Waals surface area contributed by atoms with Crippen LogP contribution in [0.3, 0.4) is 0 Å². The van der Waals surface area contributed by atoms with E-state index in [9.17, 15) is 0 Å². The molecule has 0 radical (unpaired) electrons. The SMILES string of the molecule is CC(O)[C@@H](O)C(C)Cl. The molecule has 0 saturated carbocycles. The molecule has 0 bridgehead atoms. The number of hydrogen-bond donors (Lipinski definition) is 2. The van der Waals surface area contributed by atoms with Crippen molar-refractivity contribution in [3.63, 3.8) is 0 Å². The highest BCUT2D eigenvalue weighted by Gasteiger charge is 2.15. The van der Waals surface area contributed by atoms with Gasteiger partial charge in [-0.05, 0) is 13.8 Å². The standard InChI is InChI=1S/C5H11ClO2/c1-3(6)5(8)4(2)7/h3-5,7-8H,1-2H3/t3?,4?,5-/m0/s1. The molecule has 50 valence electrons. The van der Waals surface area contributed by atoms with E-state index in [0.29, 0.717) is 0 Å². The highest BCUT2D eigenvalue weighted by Crippen LogP contribution is 2.04. The molecule has 0 aromatic rings. The van der Waals surface area contributed by atoms with E-state index >= 15 is 0 Å². The van der Waals surface area contributed by atoms with Gasteiger partial charge in [0.05, 0.1) is 17.6 Å². The van der Waals surface area contributed by atoms with Crippen molar-refractivity contribution in [2.75, 3.05) is 0 Å². The first-order chi connectivity index (χ1) is 3.55. The lowest BCUT2D eigenvalue weighted by Gasteiger charge is -2.14. The molecule has 0 aliphatic rings. The molecule has 0 spiro atoms. The molecular formula is C5H11ClO2. The minimum atomic E-state index is -0.809. The predicted molar refractivity (Wildman–Crippen MR) is 33.0 cm³/mol. The van der Waals surface area contributed by atoms with Crippen molar-refractivity contribution in [1.82, 2.24) is 0 Å². The van der Waals surface area contributed by atoms with Gasteiger partial charge in [0.15, 0.2) is 0 Å². The zero-order chi connectivity index (χ0) is 6.73. The van der Waals surface area contributed by atoms with E-state index in [2.05, 4.69) is 0 Å². The monoisotopic (exact) mass is 138 g/mol. The lowest BCUT2D eigenvalue weighted by molar-refractivity contribution is 0.0318. The number of aliphatic hydroxyl groups excluding tert-OH is 2. The molecule has 0 amide bonds. The second kappa shape index (κ2) is 3.28. The first kappa shape index (κ1) is 8.21. The van der Waals surface area contributed by atoms with E-state index in [4.69, 9.17) is 21.8 Å². The number of hydrogen-bond acceptors (Lipinski definition) is 2. The summed E-state index contributed by atoms with van der Waals surface area (Å²) < 4.78 is 0. The van der Waals surface area contributed by atoms with Crippen LogP contribution < -0.4 is 0 Å². The topological polar surface area (TPSA) is 40.5 Å². The third-order valence-corrected chi connectivity index (χ3v) is 1.22. The fraction of sp³-hybridized carbons (Fsp3) is 1.00. The minimum Gasteiger partial charge on any atom is -0.391 e. The summed E-state index contributed by atoms with van der Waals surface area (Å²) >= 11 is 5.41. The molecule has 3 heteroatoms. The van der Waals surface area contributed by atoms with Crippen molar-refractivity contribution >= 4 is 11.6 Å². The Bertz CT molecular complexity index is 55.4. The molecule has 0 aliphatic heterocycles. The average molecular weight is 139 g/mol. The maximum absolute atomic E-state index is 8.82. The summed E-state index contributed by atoms with van der Waals surface area (Å²) in [5.74, 6) is 0. The lowest BCUT2D eigenvalue weighted by Crippen LogP contribution is -2.29. The highest BCUT2D eigenvalue weighted by molar-refractivity contribution is 6.20. The van der Waals surface area contributed by atoms with Crippen LogP contribution in [0.15, 0.2) is 0 Å². The van der Waals surface area contributed by atoms with Crippen LogP contribution in [0.2, 0.25) is 0 Å². The molecule has 0 aliphatic carbocycles. The maximum atomic E-state index is 8.82. The van der Waals surface area contributed by atoms with Crippen LogP contribution in [0.4, 0.5) is 0 Å². The minimum absolute atomic E-state index is 0.380. The first-order valence-electron chi connectivity index (χ1n) is 2.56. The molecule has 0 aromatic heterocycles. The second-order valence-electron chi connectivity index (χ2n) is 1.91. The third kappa shape index (κ3) is 2.50. The van der Waals surface area contributed by atoms with Gasteiger partial charge < -0.3 is 10.2 Å². The Labute approximate surface area is 54.1 Å². The van der Waals surface area contributed by atoms with Gasteiger partial charge in [-0.1, -0.05) is 0 Å². The Kier molecular flexibility index (Phi) is 3.36. The van der Waals surface area contributed by atoms with Gasteiger partial charge in [-0.2, -0.15) is 0 Å². The fourth-order valence-electron chi connectivity index (χ4n) is 0.384. The van der Waals surface area contributed by atoms with Gasteiger partial charge in [0.1, 0.15) is 0 Å². The van der Waals surface area contributed by atoms with Crippen LogP contribution in [0, 0.1) is 0 Å². The Morgan fingerprint density at radius 3 is 1.62 bits per heavy atom. The third-order valence-electron chi connectivity index (χ3n) is 0.965. The van der Waals surface area contributed by atoms with Crippen LogP contribution in [0.25, 0.3) is 0 Å². The van der Waals surface area contributed by atoms with Crippen LogP contribution in [0.1, 0.15) is 13.8 Å². The largest absolute Gasteiger partial charge is 0.391 e. The smallest absolute Gasteiger partial charge is 0.0956 e. The van der Waals surface area contributed by atoms with Gasteiger partial charge in [0.25, 0.3) is 0 Å². The van der Waals surface area contributed by atoms with Crippen molar-refractivity contribution in [3.8, 4) is 0 Å². The highest BCUT2D eigenvalue weighted by atomic mass is 35.5. The number of alkyl halides is 1. The number of aliphatic hydroxyl groups is 2. The normalized spacial score (nSPS) is 22.1. The predicted octanol–water partition coefficient (Wildman–Crippen LogP) is 0.355. The Morgan fingerprint density at radius 2 is 1.62 bits per heavy atom. The van der Waals surface area contributed by atoms with E-state index in [1.54, 1.807) is 6.92 Å². The Hall–Kier alpha value is 0.210. The summed E-state index contributed by atoms with van der Waals surface area (Å²) in [5, 5.41) is 17.1. The van der Waals surface area contributed by atoms with Gasteiger partial charge in [-0.25, -0.2) is 0 Å². The Balaban J connectivity index is 3.46. The molecule has 3 atom stereocenters. The molecule has 0 saturated heterocycles. The molecule has 0 rings (SSSR count). The molecule has 2 nitrogen and oxygen atoms in total. The lowest BCUT2D eigenvalue weighted by atomic mass is 10.2. The zero-order valence-electron chi connectivity index (χ0n) is 5.00. The molecule has 0 fully saturated rings. The van der Waals surface area contributed by atoms with Crippen LogP contribution in [0.5, 0.6) is 0 Å². The van der Waals surface area contributed by atoms with Crippen molar-refractivity contribution in [2.24, 2.45) is 0 Å². The quantitative estimate of drug-likeness (QED) is 0.541. The molecule has 2 unspecified atom stereocenters. The van der Waals surface area contributed by atoms with Crippen LogP contribution in [-0.2, 0) is 0 Å². The van der Waals surface area contributed by atoms with Crippen molar-refractivity contribution in [3.05, 3.63) is 0 Å². The summed E-state index contributed by atoms with van der Waals surface area (Å²) in [5.41, 5.74) is 0. The average Bonchev–Trinajstić information content (AvgIpc) is 1.64. The van der Waals surface area contributed by atoms with Crippen molar-refractivity contribution < 1.29 is 10.2 Å².